The minimum atomic E-state index is -0.292. The summed E-state index contributed by atoms with van der Waals surface area (Å²) in [6, 6.07) is 12.4. The molecule has 1 heterocycles. The molecule has 2 aromatic carbocycles. The van der Waals surface area contributed by atoms with Crippen LogP contribution in [-0.2, 0) is 9.53 Å². The lowest BCUT2D eigenvalue weighted by Gasteiger charge is -2.27. The molecule has 0 saturated carbocycles. The first kappa shape index (κ1) is 21.4. The van der Waals surface area contributed by atoms with Gasteiger partial charge in [-0.05, 0) is 48.9 Å². The number of rotatable bonds is 7. The van der Waals surface area contributed by atoms with Gasteiger partial charge in [-0.2, -0.15) is 0 Å². The van der Waals surface area contributed by atoms with Crippen molar-refractivity contribution in [3.8, 4) is 11.5 Å². The van der Waals surface area contributed by atoms with Crippen LogP contribution >= 0.6 is 0 Å². The number of hydrogen-bond acceptors (Lipinski definition) is 5. The summed E-state index contributed by atoms with van der Waals surface area (Å²) >= 11 is 0. The number of hydrogen-bond donors (Lipinski definition) is 1. The maximum atomic E-state index is 12.6. The molecule has 30 heavy (non-hydrogen) atoms. The molecule has 1 aliphatic rings. The minimum Gasteiger partial charge on any atom is -0.493 e. The molecular formula is C23H26N2O5. The van der Waals surface area contributed by atoms with Gasteiger partial charge in [0.2, 0.25) is 5.91 Å². The molecule has 0 bridgehead atoms. The summed E-state index contributed by atoms with van der Waals surface area (Å²) in [6.45, 7) is 4.65. The Hall–Kier alpha value is -3.32. The number of nitrogens with one attached hydrogen (secondary N) is 1. The molecule has 1 fully saturated rings. The standard InChI is InChI=1S/C23H26N2O5/c1-3-30-21-15-17(7-9-20(21)28-2)8-10-22(26)24-19-6-4-5-18(16-19)23(27)25-11-13-29-14-12-25/h4-10,15-16H,3,11-14H2,1-2H3,(H,24,26). The van der Waals surface area contributed by atoms with Crippen molar-refractivity contribution in [2.75, 3.05) is 45.3 Å². The molecular weight excluding hydrogens is 384 g/mol. The van der Waals surface area contributed by atoms with E-state index in [0.717, 1.165) is 5.56 Å². The van der Waals surface area contributed by atoms with Crippen LogP contribution in [0, 0.1) is 0 Å². The van der Waals surface area contributed by atoms with Gasteiger partial charge >= 0.3 is 0 Å². The van der Waals surface area contributed by atoms with Crippen LogP contribution in [-0.4, -0.2) is 56.7 Å². The predicted octanol–water partition coefficient (Wildman–Crippen LogP) is 3.22. The molecule has 0 unspecified atom stereocenters. The van der Waals surface area contributed by atoms with Gasteiger partial charge in [-0.3, -0.25) is 9.59 Å². The van der Waals surface area contributed by atoms with Crippen LogP contribution in [0.3, 0.4) is 0 Å². The number of carbonyl (C=O) groups is 2. The van der Waals surface area contributed by atoms with Gasteiger partial charge in [0.25, 0.3) is 5.91 Å². The first-order chi connectivity index (χ1) is 14.6. The smallest absolute Gasteiger partial charge is 0.254 e. The van der Waals surface area contributed by atoms with Crippen LogP contribution in [0.15, 0.2) is 48.5 Å². The number of nitrogens with zero attached hydrogens (tertiary/aromatic N) is 1. The van der Waals surface area contributed by atoms with E-state index >= 15 is 0 Å². The zero-order valence-electron chi connectivity index (χ0n) is 17.2. The van der Waals surface area contributed by atoms with Crippen LogP contribution in [0.1, 0.15) is 22.8 Å². The van der Waals surface area contributed by atoms with Crippen LogP contribution in [0.5, 0.6) is 11.5 Å². The Labute approximate surface area is 176 Å². The van der Waals surface area contributed by atoms with E-state index in [9.17, 15) is 9.59 Å². The Kier molecular flexibility index (Phi) is 7.45. The normalized spacial score (nSPS) is 13.9. The fourth-order valence-electron chi connectivity index (χ4n) is 3.10. The van der Waals surface area contributed by atoms with E-state index in [1.165, 1.54) is 6.08 Å². The van der Waals surface area contributed by atoms with Crippen molar-refractivity contribution in [2.24, 2.45) is 0 Å². The van der Waals surface area contributed by atoms with Crippen LogP contribution in [0.25, 0.3) is 6.08 Å². The zero-order valence-corrected chi connectivity index (χ0v) is 17.2. The summed E-state index contributed by atoms with van der Waals surface area (Å²) < 4.78 is 16.1. The number of ether oxygens (including phenoxy) is 3. The Morgan fingerprint density at radius 1 is 1.13 bits per heavy atom. The second-order valence-corrected chi connectivity index (χ2v) is 6.65. The molecule has 0 aliphatic carbocycles. The summed E-state index contributed by atoms with van der Waals surface area (Å²) in [5.74, 6) is 0.906. The maximum absolute atomic E-state index is 12.6. The molecule has 7 nitrogen and oxygen atoms in total. The molecule has 158 valence electrons. The third-order valence-corrected chi connectivity index (χ3v) is 4.59. The van der Waals surface area contributed by atoms with Gasteiger partial charge in [-0.1, -0.05) is 12.1 Å². The molecule has 2 amide bonds. The fourth-order valence-corrected chi connectivity index (χ4v) is 3.10. The summed E-state index contributed by atoms with van der Waals surface area (Å²) in [5.41, 5.74) is 1.91. The Morgan fingerprint density at radius 2 is 1.93 bits per heavy atom. The number of benzene rings is 2. The lowest BCUT2D eigenvalue weighted by Crippen LogP contribution is -2.40. The topological polar surface area (TPSA) is 77.1 Å². The lowest BCUT2D eigenvalue weighted by atomic mass is 10.1. The molecule has 0 atom stereocenters. The maximum Gasteiger partial charge on any atom is 0.254 e. The molecule has 1 N–H and O–H groups in total. The highest BCUT2D eigenvalue weighted by Gasteiger charge is 2.18. The summed E-state index contributed by atoms with van der Waals surface area (Å²) in [4.78, 5) is 26.7. The largest absolute Gasteiger partial charge is 0.493 e. The zero-order chi connectivity index (χ0) is 21.3. The molecule has 0 radical (unpaired) electrons. The Balaban J connectivity index is 1.65. The van der Waals surface area contributed by atoms with Gasteiger partial charge in [-0.25, -0.2) is 0 Å². The number of amides is 2. The SMILES string of the molecule is CCOc1cc(C=CC(=O)Nc2cccc(C(=O)N3CCOCC3)c2)ccc1OC. The van der Waals surface area contributed by atoms with Gasteiger partial charge in [0.15, 0.2) is 11.5 Å². The summed E-state index contributed by atoms with van der Waals surface area (Å²) in [5, 5.41) is 2.80. The average Bonchev–Trinajstić information content (AvgIpc) is 2.78. The Morgan fingerprint density at radius 3 is 2.67 bits per heavy atom. The summed E-state index contributed by atoms with van der Waals surface area (Å²) in [7, 11) is 1.58. The van der Waals surface area contributed by atoms with Crippen molar-refractivity contribution in [2.45, 2.75) is 6.92 Å². The molecule has 3 rings (SSSR count). The van der Waals surface area contributed by atoms with Gasteiger partial charge in [-0.15, -0.1) is 0 Å². The molecule has 0 spiro atoms. The molecule has 1 aliphatic heterocycles. The highest BCUT2D eigenvalue weighted by atomic mass is 16.5. The monoisotopic (exact) mass is 410 g/mol. The Bertz CT molecular complexity index is 920. The van der Waals surface area contributed by atoms with Crippen molar-refractivity contribution in [3.05, 3.63) is 59.7 Å². The van der Waals surface area contributed by atoms with E-state index in [1.54, 1.807) is 48.4 Å². The van der Waals surface area contributed by atoms with Gasteiger partial charge in [0.1, 0.15) is 0 Å². The highest BCUT2D eigenvalue weighted by molar-refractivity contribution is 6.03. The fraction of sp³-hybridized carbons (Fsp3) is 0.304. The molecule has 2 aromatic rings. The van der Waals surface area contributed by atoms with E-state index in [0.29, 0.717) is 55.7 Å². The van der Waals surface area contributed by atoms with Crippen molar-refractivity contribution in [1.29, 1.82) is 0 Å². The van der Waals surface area contributed by atoms with E-state index in [4.69, 9.17) is 14.2 Å². The third kappa shape index (κ3) is 5.61. The van der Waals surface area contributed by atoms with Crippen molar-refractivity contribution in [3.63, 3.8) is 0 Å². The number of methoxy groups -OCH3 is 1. The predicted molar refractivity (Wildman–Crippen MR) is 115 cm³/mol. The summed E-state index contributed by atoms with van der Waals surface area (Å²) in [6.07, 6.45) is 3.13. The van der Waals surface area contributed by atoms with Gasteiger partial charge in [0, 0.05) is 30.4 Å². The quantitative estimate of drug-likeness (QED) is 0.710. The van der Waals surface area contributed by atoms with Gasteiger partial charge < -0.3 is 24.4 Å². The molecule has 7 heteroatoms. The first-order valence-corrected chi connectivity index (χ1v) is 9.87. The average molecular weight is 410 g/mol. The second kappa shape index (κ2) is 10.5. The molecule has 1 saturated heterocycles. The number of anilines is 1. The lowest BCUT2D eigenvalue weighted by molar-refractivity contribution is -0.111. The van der Waals surface area contributed by atoms with E-state index in [2.05, 4.69) is 5.32 Å². The highest BCUT2D eigenvalue weighted by Crippen LogP contribution is 2.28. The van der Waals surface area contributed by atoms with Crippen LogP contribution < -0.4 is 14.8 Å². The second-order valence-electron chi connectivity index (χ2n) is 6.65. The minimum absolute atomic E-state index is 0.0633. The number of morpholine rings is 1. The number of carbonyl (C=O) groups excluding carboxylic acids is 2. The first-order valence-electron chi connectivity index (χ1n) is 9.87. The van der Waals surface area contributed by atoms with Crippen molar-refractivity contribution in [1.82, 2.24) is 4.90 Å². The van der Waals surface area contributed by atoms with E-state index in [-0.39, 0.29) is 11.8 Å². The molecule has 0 aromatic heterocycles. The van der Waals surface area contributed by atoms with Crippen LogP contribution in [0.4, 0.5) is 5.69 Å². The van der Waals surface area contributed by atoms with E-state index < -0.39 is 0 Å². The van der Waals surface area contributed by atoms with E-state index in [1.807, 2.05) is 19.1 Å². The van der Waals surface area contributed by atoms with Crippen molar-refractivity contribution >= 4 is 23.6 Å². The van der Waals surface area contributed by atoms with Crippen molar-refractivity contribution < 1.29 is 23.8 Å². The van der Waals surface area contributed by atoms with Crippen LogP contribution in [0.2, 0.25) is 0 Å². The third-order valence-electron chi connectivity index (χ3n) is 4.59. The van der Waals surface area contributed by atoms with Gasteiger partial charge in [0.05, 0.1) is 26.9 Å².